The summed E-state index contributed by atoms with van der Waals surface area (Å²) in [5.74, 6) is -0.601. The molecule has 1 atom stereocenters. The van der Waals surface area contributed by atoms with Crippen molar-refractivity contribution in [2.24, 2.45) is 0 Å². The largest absolute Gasteiger partial charge is 0.462 e. The first-order valence-corrected chi connectivity index (χ1v) is 22.9. The number of hydrogen-bond donors (Lipinski definition) is 1. The maximum atomic E-state index is 12.2. The van der Waals surface area contributed by atoms with Crippen LogP contribution in [-0.2, 0) is 19.1 Å². The summed E-state index contributed by atoms with van der Waals surface area (Å²) < 4.78 is 10.6. The summed E-state index contributed by atoms with van der Waals surface area (Å²) >= 11 is 0. The molecule has 1 N–H and O–H groups in total. The van der Waals surface area contributed by atoms with Gasteiger partial charge in [-0.05, 0) is 64.2 Å². The predicted octanol–water partition coefficient (Wildman–Crippen LogP) is 14.6. The molecule has 0 aliphatic rings. The molecule has 0 heterocycles. The van der Waals surface area contributed by atoms with E-state index in [0.29, 0.717) is 12.8 Å². The fourth-order valence-electron chi connectivity index (χ4n) is 6.72. The minimum absolute atomic E-state index is 0.0703. The van der Waals surface area contributed by atoms with E-state index in [1.807, 2.05) is 0 Å². The Kier molecular flexibility index (Phi) is 42.4. The van der Waals surface area contributed by atoms with Gasteiger partial charge in [0.15, 0.2) is 6.10 Å². The van der Waals surface area contributed by atoms with Gasteiger partial charge in [0.25, 0.3) is 0 Å². The van der Waals surface area contributed by atoms with E-state index in [9.17, 15) is 14.7 Å². The third kappa shape index (κ3) is 41.1. The van der Waals surface area contributed by atoms with E-state index in [4.69, 9.17) is 9.47 Å². The van der Waals surface area contributed by atoms with Gasteiger partial charge in [-0.25, -0.2) is 0 Å². The number of rotatable bonds is 42. The summed E-state index contributed by atoms with van der Waals surface area (Å²) in [7, 11) is 0. The van der Waals surface area contributed by atoms with Crippen LogP contribution in [0.15, 0.2) is 24.3 Å². The van der Waals surface area contributed by atoms with Gasteiger partial charge in [0.05, 0.1) is 6.61 Å². The smallest absolute Gasteiger partial charge is 0.306 e. The number of allylic oxidation sites excluding steroid dienone is 4. The normalized spacial score (nSPS) is 12.3. The van der Waals surface area contributed by atoms with E-state index in [2.05, 4.69) is 38.2 Å². The zero-order valence-electron chi connectivity index (χ0n) is 34.8. The molecule has 306 valence electrons. The molecule has 0 aromatic rings. The highest BCUT2D eigenvalue weighted by molar-refractivity contribution is 5.70. The summed E-state index contributed by atoms with van der Waals surface area (Å²) in [5, 5.41) is 9.58. The Morgan fingerprint density at radius 1 is 0.423 bits per heavy atom. The van der Waals surface area contributed by atoms with Crippen LogP contribution in [0.4, 0.5) is 0 Å². The number of hydrogen-bond acceptors (Lipinski definition) is 5. The first-order chi connectivity index (χ1) is 25.6. The predicted molar refractivity (Wildman–Crippen MR) is 224 cm³/mol. The van der Waals surface area contributed by atoms with Crippen LogP contribution in [0.2, 0.25) is 0 Å². The van der Waals surface area contributed by atoms with Crippen LogP contribution >= 0.6 is 0 Å². The molecule has 0 rings (SSSR count). The van der Waals surface area contributed by atoms with Crippen molar-refractivity contribution in [2.75, 3.05) is 13.2 Å². The Morgan fingerprint density at radius 3 is 1.04 bits per heavy atom. The average Bonchev–Trinajstić information content (AvgIpc) is 3.15. The molecule has 0 spiro atoms. The maximum Gasteiger partial charge on any atom is 0.306 e. The third-order valence-corrected chi connectivity index (χ3v) is 10.2. The zero-order chi connectivity index (χ0) is 37.8. The van der Waals surface area contributed by atoms with Gasteiger partial charge in [0, 0.05) is 12.8 Å². The fourth-order valence-corrected chi connectivity index (χ4v) is 6.72. The Balaban J connectivity index is 3.50. The topological polar surface area (TPSA) is 72.8 Å². The highest BCUT2D eigenvalue weighted by Gasteiger charge is 2.16. The number of ether oxygens (including phenoxy) is 2. The van der Waals surface area contributed by atoms with Crippen molar-refractivity contribution in [3.63, 3.8) is 0 Å². The lowest BCUT2D eigenvalue weighted by molar-refractivity contribution is -0.161. The molecule has 0 saturated heterocycles. The van der Waals surface area contributed by atoms with E-state index < -0.39 is 6.10 Å². The van der Waals surface area contributed by atoms with Crippen molar-refractivity contribution in [2.45, 2.75) is 251 Å². The fraction of sp³-hybridized carbons (Fsp3) is 0.872. The summed E-state index contributed by atoms with van der Waals surface area (Å²) in [6, 6.07) is 0. The van der Waals surface area contributed by atoms with Crippen molar-refractivity contribution < 1.29 is 24.2 Å². The summed E-state index contributed by atoms with van der Waals surface area (Å²) in [6.07, 6.45) is 52.6. The van der Waals surface area contributed by atoms with Crippen LogP contribution in [0.1, 0.15) is 245 Å². The number of carbonyl (C=O) groups excluding carboxylic acids is 2. The second kappa shape index (κ2) is 43.8. The number of unbranched alkanes of at least 4 members (excludes halogenated alkanes) is 30. The van der Waals surface area contributed by atoms with E-state index in [0.717, 1.165) is 51.4 Å². The standard InChI is InChI=1S/C47H88O5/c1-3-5-7-9-11-13-15-17-19-20-21-22-23-24-25-26-28-29-31-33-35-37-39-41-46(49)51-44-45(43-48)52-47(50)42-40-38-36-34-32-30-27-18-16-14-12-10-8-6-4-2/h18,26-28,45,48H,3-17,19-25,29-44H2,1-2H3/b27-18+,28-26+. The van der Waals surface area contributed by atoms with E-state index >= 15 is 0 Å². The Labute approximate surface area is 323 Å². The lowest BCUT2D eigenvalue weighted by Crippen LogP contribution is -2.28. The van der Waals surface area contributed by atoms with Crippen LogP contribution < -0.4 is 0 Å². The van der Waals surface area contributed by atoms with Crippen LogP contribution in [0.25, 0.3) is 0 Å². The molecule has 0 radical (unpaired) electrons. The first kappa shape index (κ1) is 50.4. The van der Waals surface area contributed by atoms with Crippen molar-refractivity contribution in [3.8, 4) is 0 Å². The molecule has 1 unspecified atom stereocenters. The molecule has 0 aromatic carbocycles. The Morgan fingerprint density at radius 2 is 0.712 bits per heavy atom. The van der Waals surface area contributed by atoms with Gasteiger partial charge < -0.3 is 14.6 Å². The molecule has 0 amide bonds. The molecule has 0 fully saturated rings. The zero-order valence-corrected chi connectivity index (χ0v) is 34.8. The first-order valence-electron chi connectivity index (χ1n) is 22.9. The highest BCUT2D eigenvalue weighted by Crippen LogP contribution is 2.15. The summed E-state index contributed by atoms with van der Waals surface area (Å²) in [6.45, 7) is 4.14. The second-order valence-corrected chi connectivity index (χ2v) is 15.5. The van der Waals surface area contributed by atoms with Gasteiger partial charge in [0.2, 0.25) is 0 Å². The van der Waals surface area contributed by atoms with Gasteiger partial charge in [-0.15, -0.1) is 0 Å². The Hall–Kier alpha value is -1.62. The molecular formula is C47H88O5. The monoisotopic (exact) mass is 733 g/mol. The average molecular weight is 733 g/mol. The molecule has 52 heavy (non-hydrogen) atoms. The molecule has 0 aliphatic heterocycles. The quantitative estimate of drug-likeness (QED) is 0.0384. The van der Waals surface area contributed by atoms with Crippen LogP contribution in [0.5, 0.6) is 0 Å². The lowest BCUT2D eigenvalue weighted by atomic mass is 10.0. The van der Waals surface area contributed by atoms with Gasteiger partial charge in [-0.2, -0.15) is 0 Å². The van der Waals surface area contributed by atoms with Crippen LogP contribution in [0.3, 0.4) is 0 Å². The van der Waals surface area contributed by atoms with Crippen molar-refractivity contribution in [1.29, 1.82) is 0 Å². The molecule has 0 bridgehead atoms. The summed E-state index contributed by atoms with van der Waals surface area (Å²) in [5.41, 5.74) is 0. The molecule has 0 saturated carbocycles. The molecule has 0 aliphatic carbocycles. The number of carbonyl (C=O) groups is 2. The lowest BCUT2D eigenvalue weighted by Gasteiger charge is -2.15. The van der Waals surface area contributed by atoms with Gasteiger partial charge >= 0.3 is 11.9 Å². The maximum absolute atomic E-state index is 12.2. The van der Waals surface area contributed by atoms with Gasteiger partial charge in [-0.1, -0.05) is 192 Å². The number of esters is 2. The molecule has 0 aromatic heterocycles. The van der Waals surface area contributed by atoms with Crippen LogP contribution in [-0.4, -0.2) is 36.4 Å². The van der Waals surface area contributed by atoms with Gasteiger partial charge in [0.1, 0.15) is 6.61 Å². The summed E-state index contributed by atoms with van der Waals surface area (Å²) in [4.78, 5) is 24.3. The van der Waals surface area contributed by atoms with Crippen molar-refractivity contribution in [3.05, 3.63) is 24.3 Å². The van der Waals surface area contributed by atoms with Crippen molar-refractivity contribution in [1.82, 2.24) is 0 Å². The number of aliphatic hydroxyl groups is 1. The third-order valence-electron chi connectivity index (χ3n) is 10.2. The highest BCUT2D eigenvalue weighted by atomic mass is 16.6. The second-order valence-electron chi connectivity index (χ2n) is 15.5. The van der Waals surface area contributed by atoms with E-state index in [-0.39, 0.29) is 25.2 Å². The molecule has 5 nitrogen and oxygen atoms in total. The number of aliphatic hydroxyl groups excluding tert-OH is 1. The molecular weight excluding hydrogens is 645 g/mol. The van der Waals surface area contributed by atoms with Gasteiger partial charge in [-0.3, -0.25) is 9.59 Å². The SMILES string of the molecule is CCCCCCCC/C=C/CCCCCCCC(=O)OC(CO)COC(=O)CCCCCCC/C=C/CCCCCCCCCCCCCCCC. The minimum atomic E-state index is -0.776. The van der Waals surface area contributed by atoms with Crippen molar-refractivity contribution >= 4 is 11.9 Å². The van der Waals surface area contributed by atoms with E-state index in [1.54, 1.807) is 0 Å². The van der Waals surface area contributed by atoms with E-state index in [1.165, 1.54) is 167 Å². The minimum Gasteiger partial charge on any atom is -0.462 e. The molecule has 5 heteroatoms. The Bertz CT molecular complexity index is 791. The van der Waals surface area contributed by atoms with Crippen LogP contribution in [0, 0.1) is 0 Å².